The number of carbonyl (C=O) groups is 1. The smallest absolute Gasteiger partial charge is 0.250 e. The van der Waals surface area contributed by atoms with Gasteiger partial charge in [-0.15, -0.1) is 0 Å². The Bertz CT molecular complexity index is 682. The molecule has 0 saturated heterocycles. The first-order chi connectivity index (χ1) is 11.1. The van der Waals surface area contributed by atoms with Gasteiger partial charge >= 0.3 is 0 Å². The highest BCUT2D eigenvalue weighted by Gasteiger charge is 2.20. The highest BCUT2D eigenvalue weighted by molar-refractivity contribution is 7.89. The Balaban J connectivity index is 2.88. The summed E-state index contributed by atoms with van der Waals surface area (Å²) in [6, 6.07) is 3.10. The zero-order chi connectivity index (χ0) is 18.5. The average molecular weight is 356 g/mol. The van der Waals surface area contributed by atoms with Crippen molar-refractivity contribution in [3.05, 3.63) is 23.3 Å². The number of nitrogens with one attached hydrogen (secondary N) is 1. The summed E-state index contributed by atoms with van der Waals surface area (Å²) in [7, 11) is -0.599. The second-order valence-corrected chi connectivity index (χ2v) is 8.64. The largest absolute Gasteiger partial charge is 0.372 e. The summed E-state index contributed by atoms with van der Waals surface area (Å²) in [6.07, 6.45) is 0.891. The molecular weight excluding hydrogens is 328 g/mol. The summed E-state index contributed by atoms with van der Waals surface area (Å²) in [6.45, 7) is 8.32. The van der Waals surface area contributed by atoms with Crippen molar-refractivity contribution >= 4 is 21.6 Å². The van der Waals surface area contributed by atoms with Gasteiger partial charge < -0.3 is 10.1 Å². The molecule has 1 N–H and O–H groups in total. The van der Waals surface area contributed by atoms with Crippen molar-refractivity contribution in [2.45, 2.75) is 39.0 Å². The van der Waals surface area contributed by atoms with E-state index in [2.05, 4.69) is 19.2 Å². The number of amides is 1. The number of nitrogens with zero attached hydrogens (tertiary/aromatic N) is 1. The highest BCUT2D eigenvalue weighted by Crippen LogP contribution is 2.25. The minimum Gasteiger partial charge on any atom is -0.372 e. The van der Waals surface area contributed by atoms with E-state index in [1.54, 1.807) is 6.07 Å². The van der Waals surface area contributed by atoms with Gasteiger partial charge in [-0.3, -0.25) is 4.79 Å². The van der Waals surface area contributed by atoms with Crippen molar-refractivity contribution in [3.63, 3.8) is 0 Å². The molecule has 0 bridgehead atoms. The van der Waals surface area contributed by atoms with Crippen LogP contribution in [-0.4, -0.2) is 45.9 Å². The van der Waals surface area contributed by atoms with Gasteiger partial charge in [0.25, 0.3) is 0 Å². The Hall–Kier alpha value is -1.44. The lowest BCUT2D eigenvalue weighted by molar-refractivity contribution is -0.120. The molecule has 1 rings (SSSR count). The van der Waals surface area contributed by atoms with E-state index in [4.69, 9.17) is 4.74 Å². The zero-order valence-electron chi connectivity index (χ0n) is 15.3. The van der Waals surface area contributed by atoms with E-state index in [-0.39, 0.29) is 17.4 Å². The lowest BCUT2D eigenvalue weighted by Crippen LogP contribution is -2.23. The van der Waals surface area contributed by atoms with Gasteiger partial charge in [-0.1, -0.05) is 13.8 Å². The molecule has 136 valence electrons. The van der Waals surface area contributed by atoms with Gasteiger partial charge in [0.1, 0.15) is 6.61 Å². The molecule has 24 heavy (non-hydrogen) atoms. The van der Waals surface area contributed by atoms with Crippen molar-refractivity contribution in [2.75, 3.05) is 32.6 Å². The van der Waals surface area contributed by atoms with Crippen molar-refractivity contribution in [2.24, 2.45) is 5.92 Å². The van der Waals surface area contributed by atoms with Crippen LogP contribution < -0.4 is 5.32 Å². The molecule has 0 spiro atoms. The van der Waals surface area contributed by atoms with Crippen molar-refractivity contribution in [3.8, 4) is 0 Å². The van der Waals surface area contributed by atoms with Crippen LogP contribution in [0.25, 0.3) is 0 Å². The van der Waals surface area contributed by atoms with Crippen LogP contribution in [0.2, 0.25) is 0 Å². The van der Waals surface area contributed by atoms with Gasteiger partial charge in [-0.05, 0) is 49.4 Å². The van der Waals surface area contributed by atoms with Crippen LogP contribution in [0.3, 0.4) is 0 Å². The van der Waals surface area contributed by atoms with Gasteiger partial charge in [0, 0.05) is 26.4 Å². The third-order valence-corrected chi connectivity index (χ3v) is 5.56. The summed E-state index contributed by atoms with van der Waals surface area (Å²) < 4.78 is 31.1. The molecule has 0 aliphatic heterocycles. The fraction of sp³-hybridized carbons (Fsp3) is 0.588. The molecule has 1 aromatic rings. The first-order valence-electron chi connectivity index (χ1n) is 7.97. The van der Waals surface area contributed by atoms with Crippen LogP contribution in [-0.2, 0) is 19.6 Å². The number of hydrogen-bond donors (Lipinski definition) is 1. The van der Waals surface area contributed by atoms with E-state index < -0.39 is 10.0 Å². The van der Waals surface area contributed by atoms with Gasteiger partial charge in [-0.25, -0.2) is 12.7 Å². The number of rotatable bonds is 8. The Morgan fingerprint density at radius 1 is 1.25 bits per heavy atom. The Morgan fingerprint density at radius 3 is 2.42 bits per heavy atom. The molecule has 0 fully saturated rings. The highest BCUT2D eigenvalue weighted by atomic mass is 32.2. The standard InChI is InChI=1S/C17H28N2O4S/c1-12(2)7-8-23-11-17(20)18-16-10-15(9-13(3)14(16)4)24(21,22)19(5)6/h9-10,12H,7-8,11H2,1-6H3,(H,18,20). The van der Waals surface area contributed by atoms with E-state index >= 15 is 0 Å². The van der Waals surface area contributed by atoms with Crippen LogP contribution in [0, 0.1) is 19.8 Å². The summed E-state index contributed by atoms with van der Waals surface area (Å²) in [5, 5.41) is 2.74. The summed E-state index contributed by atoms with van der Waals surface area (Å²) >= 11 is 0. The number of ether oxygens (including phenoxy) is 1. The summed E-state index contributed by atoms with van der Waals surface area (Å²) in [4.78, 5) is 12.2. The molecule has 1 amide bonds. The molecule has 0 atom stereocenters. The van der Waals surface area contributed by atoms with Crippen molar-refractivity contribution in [1.82, 2.24) is 4.31 Å². The maximum Gasteiger partial charge on any atom is 0.250 e. The van der Waals surface area contributed by atoms with Gasteiger partial charge in [-0.2, -0.15) is 0 Å². The molecule has 0 aliphatic carbocycles. The monoisotopic (exact) mass is 356 g/mol. The molecule has 0 radical (unpaired) electrons. The summed E-state index contributed by atoms with van der Waals surface area (Å²) in [5.74, 6) is 0.228. The summed E-state index contributed by atoms with van der Waals surface area (Å²) in [5.41, 5.74) is 2.13. The first kappa shape index (κ1) is 20.6. The normalized spacial score (nSPS) is 12.0. The molecule has 1 aromatic carbocycles. The number of sulfonamides is 1. The van der Waals surface area contributed by atoms with E-state index in [0.717, 1.165) is 21.9 Å². The van der Waals surface area contributed by atoms with Crippen molar-refractivity contribution in [1.29, 1.82) is 0 Å². The number of carbonyl (C=O) groups excluding carboxylic acids is 1. The zero-order valence-corrected chi connectivity index (χ0v) is 16.2. The molecule has 7 heteroatoms. The Morgan fingerprint density at radius 2 is 1.88 bits per heavy atom. The van der Waals surface area contributed by atoms with Crippen LogP contribution in [0.1, 0.15) is 31.4 Å². The van der Waals surface area contributed by atoms with E-state index in [9.17, 15) is 13.2 Å². The van der Waals surface area contributed by atoms with Crippen LogP contribution in [0.4, 0.5) is 5.69 Å². The van der Waals surface area contributed by atoms with E-state index in [1.807, 2.05) is 13.8 Å². The van der Waals surface area contributed by atoms with Crippen LogP contribution in [0.5, 0.6) is 0 Å². The van der Waals surface area contributed by atoms with Crippen LogP contribution >= 0.6 is 0 Å². The van der Waals surface area contributed by atoms with E-state index in [1.165, 1.54) is 20.2 Å². The lowest BCUT2D eigenvalue weighted by atomic mass is 10.1. The third-order valence-electron chi connectivity index (χ3n) is 3.77. The van der Waals surface area contributed by atoms with Gasteiger partial charge in [0.15, 0.2) is 0 Å². The minimum atomic E-state index is -3.55. The van der Waals surface area contributed by atoms with E-state index in [0.29, 0.717) is 18.2 Å². The maximum absolute atomic E-state index is 12.3. The first-order valence-corrected chi connectivity index (χ1v) is 9.41. The lowest BCUT2D eigenvalue weighted by Gasteiger charge is -2.16. The number of aryl methyl sites for hydroxylation is 1. The topological polar surface area (TPSA) is 75.7 Å². The molecular formula is C17H28N2O4S. The molecule has 0 saturated carbocycles. The molecule has 0 heterocycles. The molecule has 6 nitrogen and oxygen atoms in total. The second kappa shape index (κ2) is 8.60. The Kier molecular flexibility index (Phi) is 7.38. The molecule has 0 aromatic heterocycles. The number of benzene rings is 1. The SMILES string of the molecule is Cc1cc(S(=O)(=O)N(C)C)cc(NC(=O)COCCC(C)C)c1C. The van der Waals surface area contributed by atoms with Gasteiger partial charge in [0.05, 0.1) is 4.90 Å². The quantitative estimate of drug-likeness (QED) is 0.726. The van der Waals surface area contributed by atoms with Gasteiger partial charge in [0.2, 0.25) is 15.9 Å². The third kappa shape index (κ3) is 5.58. The fourth-order valence-corrected chi connectivity index (χ4v) is 3.00. The predicted octanol–water partition coefficient (Wildman–Crippen LogP) is 2.55. The second-order valence-electron chi connectivity index (χ2n) is 6.48. The number of hydrogen-bond acceptors (Lipinski definition) is 4. The fourth-order valence-electron chi connectivity index (χ4n) is 1.99. The maximum atomic E-state index is 12.3. The van der Waals surface area contributed by atoms with Crippen LogP contribution in [0.15, 0.2) is 17.0 Å². The predicted molar refractivity (Wildman–Crippen MR) is 95.7 cm³/mol. The Labute approximate surface area is 145 Å². The number of anilines is 1. The molecule has 0 aliphatic rings. The average Bonchev–Trinajstić information content (AvgIpc) is 2.47. The van der Waals surface area contributed by atoms with Crippen molar-refractivity contribution < 1.29 is 17.9 Å². The minimum absolute atomic E-state index is 0.0458. The molecule has 0 unspecified atom stereocenters.